The predicted octanol–water partition coefficient (Wildman–Crippen LogP) is 5.41. The Morgan fingerprint density at radius 3 is 2.38 bits per heavy atom. The van der Waals surface area contributed by atoms with Crippen LogP contribution in [0.2, 0.25) is 0 Å². The maximum atomic E-state index is 5.80. The summed E-state index contributed by atoms with van der Waals surface area (Å²) in [5.74, 6) is 2.16. The van der Waals surface area contributed by atoms with Crippen LogP contribution in [0.15, 0.2) is 53.0 Å². The second-order valence-corrected chi connectivity index (χ2v) is 6.28. The van der Waals surface area contributed by atoms with Crippen LogP contribution in [0.3, 0.4) is 0 Å². The first-order valence-corrected chi connectivity index (χ1v) is 8.72. The fourth-order valence-corrected chi connectivity index (χ4v) is 3.20. The van der Waals surface area contributed by atoms with E-state index in [1.807, 2.05) is 30.3 Å². The Morgan fingerprint density at radius 2 is 1.76 bits per heavy atom. The van der Waals surface area contributed by atoms with Crippen molar-refractivity contribution in [2.75, 3.05) is 19.0 Å². The van der Waals surface area contributed by atoms with Gasteiger partial charge in [-0.25, -0.2) is 0 Å². The van der Waals surface area contributed by atoms with Gasteiger partial charge in [-0.05, 0) is 54.3 Å². The topological polar surface area (TPSA) is 18.5 Å². The third-order valence-corrected chi connectivity index (χ3v) is 4.58. The molecule has 0 fully saturated rings. The van der Waals surface area contributed by atoms with Crippen molar-refractivity contribution in [3.8, 4) is 11.5 Å². The van der Waals surface area contributed by atoms with Crippen LogP contribution in [-0.2, 0) is 0 Å². The van der Waals surface area contributed by atoms with Gasteiger partial charge in [0, 0.05) is 9.80 Å². The van der Waals surface area contributed by atoms with E-state index in [9.17, 15) is 0 Å². The van der Waals surface area contributed by atoms with E-state index in [4.69, 9.17) is 9.47 Å². The van der Waals surface area contributed by atoms with Gasteiger partial charge < -0.3 is 9.47 Å². The lowest BCUT2D eigenvalue weighted by Gasteiger charge is -2.15. The maximum Gasteiger partial charge on any atom is 0.119 e. The molecule has 0 aliphatic rings. The van der Waals surface area contributed by atoms with Crippen LogP contribution >= 0.6 is 31.9 Å². The standard InChI is InChI=1S/C17H18Br2O2/c1-20-16-5-7-17(8-6-16)21-10-9-14(12-18)13-3-2-4-15(19)11-13/h2-8,11,14H,9-10,12H2,1H3. The van der Waals surface area contributed by atoms with E-state index in [2.05, 4.69) is 50.1 Å². The average Bonchev–Trinajstić information content (AvgIpc) is 2.52. The van der Waals surface area contributed by atoms with Crippen LogP contribution in [-0.4, -0.2) is 19.0 Å². The molecule has 112 valence electrons. The van der Waals surface area contributed by atoms with Crippen LogP contribution in [0, 0.1) is 0 Å². The van der Waals surface area contributed by atoms with Crippen LogP contribution in [0.1, 0.15) is 17.9 Å². The molecule has 0 aliphatic carbocycles. The van der Waals surface area contributed by atoms with Gasteiger partial charge in [-0.1, -0.05) is 44.0 Å². The lowest BCUT2D eigenvalue weighted by atomic mass is 9.98. The molecule has 0 spiro atoms. The largest absolute Gasteiger partial charge is 0.497 e. The first-order valence-electron chi connectivity index (χ1n) is 6.81. The highest BCUT2D eigenvalue weighted by Crippen LogP contribution is 2.25. The molecular formula is C17H18Br2O2. The molecule has 2 aromatic rings. The Bertz CT molecular complexity index is 555. The van der Waals surface area contributed by atoms with E-state index >= 15 is 0 Å². The van der Waals surface area contributed by atoms with E-state index < -0.39 is 0 Å². The highest BCUT2D eigenvalue weighted by molar-refractivity contribution is 9.10. The normalized spacial score (nSPS) is 12.0. The number of benzene rings is 2. The molecule has 2 rings (SSSR count). The van der Waals surface area contributed by atoms with Crippen molar-refractivity contribution in [1.29, 1.82) is 0 Å². The van der Waals surface area contributed by atoms with Crippen LogP contribution in [0.25, 0.3) is 0 Å². The Labute approximate surface area is 142 Å². The number of alkyl halides is 1. The number of hydrogen-bond donors (Lipinski definition) is 0. The maximum absolute atomic E-state index is 5.80. The molecule has 0 saturated heterocycles. The van der Waals surface area contributed by atoms with E-state index in [1.54, 1.807) is 7.11 Å². The second kappa shape index (κ2) is 8.44. The zero-order chi connectivity index (χ0) is 15.1. The second-order valence-electron chi connectivity index (χ2n) is 4.72. The van der Waals surface area contributed by atoms with Gasteiger partial charge in [0.1, 0.15) is 11.5 Å². The number of halogens is 2. The average molecular weight is 414 g/mol. The molecule has 0 aliphatic heterocycles. The summed E-state index contributed by atoms with van der Waals surface area (Å²) < 4.78 is 12.0. The van der Waals surface area contributed by atoms with Crippen molar-refractivity contribution in [1.82, 2.24) is 0 Å². The third kappa shape index (κ3) is 5.04. The lowest BCUT2D eigenvalue weighted by Crippen LogP contribution is -2.07. The number of ether oxygens (including phenoxy) is 2. The summed E-state index contributed by atoms with van der Waals surface area (Å²) in [6.45, 7) is 0.690. The Morgan fingerprint density at radius 1 is 1.05 bits per heavy atom. The summed E-state index contributed by atoms with van der Waals surface area (Å²) in [5.41, 5.74) is 1.32. The quantitative estimate of drug-likeness (QED) is 0.565. The third-order valence-electron chi connectivity index (χ3n) is 3.30. The Hall–Kier alpha value is -1.00. The van der Waals surface area contributed by atoms with Crippen LogP contribution in [0.5, 0.6) is 11.5 Å². The molecule has 0 radical (unpaired) electrons. The molecule has 0 saturated carbocycles. The summed E-state index contributed by atoms with van der Waals surface area (Å²) in [6.07, 6.45) is 0.966. The fraction of sp³-hybridized carbons (Fsp3) is 0.294. The molecule has 2 aromatic carbocycles. The molecule has 1 atom stereocenters. The predicted molar refractivity (Wildman–Crippen MR) is 93.8 cm³/mol. The van der Waals surface area contributed by atoms with E-state index in [0.717, 1.165) is 27.7 Å². The molecule has 21 heavy (non-hydrogen) atoms. The Balaban J connectivity index is 1.88. The fourth-order valence-electron chi connectivity index (χ4n) is 2.08. The minimum absolute atomic E-state index is 0.445. The SMILES string of the molecule is COc1ccc(OCCC(CBr)c2cccc(Br)c2)cc1. The van der Waals surface area contributed by atoms with Crippen molar-refractivity contribution in [3.05, 3.63) is 58.6 Å². The number of hydrogen-bond acceptors (Lipinski definition) is 2. The summed E-state index contributed by atoms with van der Waals surface area (Å²) in [6, 6.07) is 16.1. The number of methoxy groups -OCH3 is 1. The molecule has 0 N–H and O–H groups in total. The van der Waals surface area contributed by atoms with Gasteiger partial charge in [0.15, 0.2) is 0 Å². The molecule has 2 nitrogen and oxygen atoms in total. The summed E-state index contributed by atoms with van der Waals surface area (Å²) >= 11 is 7.11. The first-order chi connectivity index (χ1) is 10.2. The first kappa shape index (κ1) is 16.4. The minimum atomic E-state index is 0.445. The van der Waals surface area contributed by atoms with Crippen molar-refractivity contribution in [3.63, 3.8) is 0 Å². The van der Waals surface area contributed by atoms with Gasteiger partial charge in [0.2, 0.25) is 0 Å². The van der Waals surface area contributed by atoms with Crippen molar-refractivity contribution in [2.24, 2.45) is 0 Å². The van der Waals surface area contributed by atoms with Crippen molar-refractivity contribution >= 4 is 31.9 Å². The van der Waals surface area contributed by atoms with Gasteiger partial charge >= 0.3 is 0 Å². The van der Waals surface area contributed by atoms with Crippen molar-refractivity contribution in [2.45, 2.75) is 12.3 Å². The Kier molecular flexibility index (Phi) is 6.58. The highest BCUT2D eigenvalue weighted by atomic mass is 79.9. The van der Waals surface area contributed by atoms with Gasteiger partial charge in [-0.15, -0.1) is 0 Å². The number of rotatable bonds is 7. The zero-order valence-electron chi connectivity index (χ0n) is 11.9. The molecule has 0 amide bonds. The highest BCUT2D eigenvalue weighted by Gasteiger charge is 2.10. The summed E-state index contributed by atoms with van der Waals surface area (Å²) in [4.78, 5) is 0. The van der Waals surface area contributed by atoms with E-state index in [1.165, 1.54) is 5.56 Å². The summed E-state index contributed by atoms with van der Waals surface area (Å²) in [5, 5.41) is 0.926. The zero-order valence-corrected chi connectivity index (χ0v) is 15.1. The summed E-state index contributed by atoms with van der Waals surface area (Å²) in [7, 11) is 1.66. The van der Waals surface area contributed by atoms with Gasteiger partial charge in [0.25, 0.3) is 0 Å². The monoisotopic (exact) mass is 412 g/mol. The van der Waals surface area contributed by atoms with E-state index in [-0.39, 0.29) is 0 Å². The van der Waals surface area contributed by atoms with Gasteiger partial charge in [-0.3, -0.25) is 0 Å². The van der Waals surface area contributed by atoms with Crippen LogP contribution in [0.4, 0.5) is 0 Å². The molecule has 4 heteroatoms. The van der Waals surface area contributed by atoms with Crippen LogP contribution < -0.4 is 9.47 Å². The molecule has 1 unspecified atom stereocenters. The molecular weight excluding hydrogens is 396 g/mol. The van der Waals surface area contributed by atoms with Gasteiger partial charge in [0.05, 0.1) is 13.7 Å². The van der Waals surface area contributed by atoms with Gasteiger partial charge in [-0.2, -0.15) is 0 Å². The molecule has 0 heterocycles. The van der Waals surface area contributed by atoms with Crippen molar-refractivity contribution < 1.29 is 9.47 Å². The smallest absolute Gasteiger partial charge is 0.119 e. The van der Waals surface area contributed by atoms with E-state index in [0.29, 0.717) is 12.5 Å². The molecule has 0 bridgehead atoms. The molecule has 0 aromatic heterocycles. The minimum Gasteiger partial charge on any atom is -0.497 e. The lowest BCUT2D eigenvalue weighted by molar-refractivity contribution is 0.301.